The fourth-order valence-corrected chi connectivity index (χ4v) is 10.4. The van der Waals surface area contributed by atoms with Crippen LogP contribution >= 0.6 is 0 Å². The van der Waals surface area contributed by atoms with Crippen LogP contribution < -0.4 is 5.32 Å². The summed E-state index contributed by atoms with van der Waals surface area (Å²) in [7, 11) is 0. The summed E-state index contributed by atoms with van der Waals surface area (Å²) in [6.07, 6.45) is 8.49. The molecule has 7 nitrogen and oxygen atoms in total. The predicted octanol–water partition coefficient (Wildman–Crippen LogP) is 3.77. The van der Waals surface area contributed by atoms with Crippen molar-refractivity contribution in [2.45, 2.75) is 135 Å². The molecule has 7 heteroatoms. The van der Waals surface area contributed by atoms with Crippen LogP contribution in [0.25, 0.3) is 0 Å². The van der Waals surface area contributed by atoms with Crippen LogP contribution in [0.1, 0.15) is 91.9 Å². The van der Waals surface area contributed by atoms with Gasteiger partial charge in [-0.05, 0) is 117 Å². The van der Waals surface area contributed by atoms with E-state index in [2.05, 4.69) is 39.1 Å². The molecule has 0 aromatic carbocycles. The van der Waals surface area contributed by atoms with E-state index in [1.54, 1.807) is 0 Å². The fraction of sp³-hybridized carbons (Fsp3) is 0.939. The Kier molecular flexibility index (Phi) is 8.26. The topological polar surface area (TPSA) is 111 Å². The molecule has 5 fully saturated rings. The molecule has 0 bridgehead atoms. The van der Waals surface area contributed by atoms with Crippen LogP contribution in [0, 0.1) is 46.3 Å². The van der Waals surface area contributed by atoms with Gasteiger partial charge in [0, 0.05) is 6.04 Å². The highest BCUT2D eigenvalue weighted by atomic mass is 16.7. The highest BCUT2D eigenvalue weighted by Gasteiger charge is 2.58. The second-order valence-corrected chi connectivity index (χ2v) is 15.4. The van der Waals surface area contributed by atoms with Gasteiger partial charge in [0.2, 0.25) is 0 Å². The maximum absolute atomic E-state index is 10.5. The Morgan fingerprint density at radius 2 is 1.85 bits per heavy atom. The standard InChI is InChI=1S/C33H55NO6/c1-18-5-8-26(34-16-18)19(2)20-13-25-23-7-6-21-14-22(39-31-30(38)29(37)28(36)27(17-35)40-31)9-12-33(21,4)24(23)10-11-32(25,3)15-20/h6,18-20,22-31,34-38H,5,7-17H2,1-4H3. The van der Waals surface area contributed by atoms with E-state index in [1.165, 1.54) is 57.1 Å². The van der Waals surface area contributed by atoms with E-state index in [-0.39, 0.29) is 11.5 Å². The predicted molar refractivity (Wildman–Crippen MR) is 153 cm³/mol. The van der Waals surface area contributed by atoms with E-state index in [4.69, 9.17) is 9.47 Å². The van der Waals surface area contributed by atoms with Crippen LogP contribution in [0.4, 0.5) is 0 Å². The summed E-state index contributed by atoms with van der Waals surface area (Å²) in [6.45, 7) is 10.8. The molecular weight excluding hydrogens is 506 g/mol. The Labute approximate surface area is 241 Å². The summed E-state index contributed by atoms with van der Waals surface area (Å²) in [5.41, 5.74) is 2.18. The first-order valence-electron chi connectivity index (χ1n) is 16.4. The number of aliphatic hydroxyl groups is 4. The van der Waals surface area contributed by atoms with Crippen molar-refractivity contribution in [2.24, 2.45) is 46.3 Å². The summed E-state index contributed by atoms with van der Waals surface area (Å²) < 4.78 is 11.9. The van der Waals surface area contributed by atoms with Crippen molar-refractivity contribution in [1.82, 2.24) is 5.32 Å². The van der Waals surface area contributed by atoms with Crippen molar-refractivity contribution in [3.8, 4) is 0 Å². The summed E-state index contributed by atoms with van der Waals surface area (Å²) >= 11 is 0. The highest BCUT2D eigenvalue weighted by Crippen LogP contribution is 2.66. The Morgan fingerprint density at radius 3 is 2.58 bits per heavy atom. The van der Waals surface area contributed by atoms with E-state index in [1.807, 2.05) is 0 Å². The molecule has 6 rings (SSSR count). The number of hydrogen-bond donors (Lipinski definition) is 5. The summed E-state index contributed by atoms with van der Waals surface area (Å²) in [5.74, 6) is 4.72. The third kappa shape index (κ3) is 5.03. The zero-order chi connectivity index (χ0) is 28.4. The van der Waals surface area contributed by atoms with E-state index >= 15 is 0 Å². The van der Waals surface area contributed by atoms with Crippen LogP contribution in [0.2, 0.25) is 0 Å². The molecule has 0 amide bonds. The van der Waals surface area contributed by atoms with Gasteiger partial charge < -0.3 is 35.2 Å². The molecule has 5 N–H and O–H groups in total. The number of aliphatic hydroxyl groups excluding tert-OH is 4. The molecule has 15 atom stereocenters. The smallest absolute Gasteiger partial charge is 0.186 e. The van der Waals surface area contributed by atoms with Crippen LogP contribution in [-0.2, 0) is 9.47 Å². The van der Waals surface area contributed by atoms with Crippen LogP contribution in [0.15, 0.2) is 11.6 Å². The number of ether oxygens (including phenoxy) is 2. The first-order valence-corrected chi connectivity index (χ1v) is 16.4. The Balaban J connectivity index is 1.12. The lowest BCUT2D eigenvalue weighted by Crippen LogP contribution is -2.60. The maximum Gasteiger partial charge on any atom is 0.186 e. The average molecular weight is 562 g/mol. The molecule has 0 spiro atoms. The van der Waals surface area contributed by atoms with Gasteiger partial charge in [0.25, 0.3) is 0 Å². The van der Waals surface area contributed by atoms with Gasteiger partial charge in [-0.15, -0.1) is 0 Å². The molecule has 40 heavy (non-hydrogen) atoms. The first-order chi connectivity index (χ1) is 19.0. The van der Waals surface area contributed by atoms with E-state index in [0.717, 1.165) is 54.8 Å². The minimum absolute atomic E-state index is 0.103. The molecule has 4 aliphatic carbocycles. The summed E-state index contributed by atoms with van der Waals surface area (Å²) in [4.78, 5) is 0. The van der Waals surface area contributed by atoms with Gasteiger partial charge in [0.05, 0.1) is 12.7 Å². The van der Waals surface area contributed by atoms with Gasteiger partial charge in [-0.2, -0.15) is 0 Å². The third-order valence-electron chi connectivity index (χ3n) is 13.1. The minimum Gasteiger partial charge on any atom is -0.394 e. The number of fused-ring (bicyclic) bond motifs is 5. The van der Waals surface area contributed by atoms with Gasteiger partial charge in [-0.25, -0.2) is 0 Å². The molecule has 2 saturated heterocycles. The fourth-order valence-electron chi connectivity index (χ4n) is 10.4. The van der Waals surface area contributed by atoms with Crippen molar-refractivity contribution in [3.05, 3.63) is 11.6 Å². The monoisotopic (exact) mass is 561 g/mol. The van der Waals surface area contributed by atoms with Crippen molar-refractivity contribution in [2.75, 3.05) is 13.2 Å². The van der Waals surface area contributed by atoms with Crippen LogP contribution in [-0.4, -0.2) is 76.4 Å². The van der Waals surface area contributed by atoms with Crippen LogP contribution in [0.5, 0.6) is 0 Å². The van der Waals surface area contributed by atoms with Gasteiger partial charge in [-0.3, -0.25) is 0 Å². The van der Waals surface area contributed by atoms with Gasteiger partial charge >= 0.3 is 0 Å². The molecule has 2 aliphatic heterocycles. The number of allylic oxidation sites excluding steroid dienone is 1. The van der Waals surface area contributed by atoms with Crippen molar-refractivity contribution >= 4 is 0 Å². The second-order valence-electron chi connectivity index (χ2n) is 15.4. The summed E-state index contributed by atoms with van der Waals surface area (Å²) in [6, 6.07) is 0.690. The minimum atomic E-state index is -1.40. The lowest BCUT2D eigenvalue weighted by atomic mass is 9.48. The zero-order valence-electron chi connectivity index (χ0n) is 25.2. The maximum atomic E-state index is 10.5. The number of rotatable bonds is 5. The Bertz CT molecular complexity index is 934. The number of nitrogens with one attached hydrogen (secondary N) is 1. The second kappa shape index (κ2) is 11.2. The van der Waals surface area contributed by atoms with E-state index in [9.17, 15) is 20.4 Å². The largest absolute Gasteiger partial charge is 0.394 e. The quantitative estimate of drug-likeness (QED) is 0.325. The SMILES string of the molecule is CC1CCC(C(C)C2CC3C4CC=C5CC(OC6OC(CO)C(O)C(O)C6O)CCC5(C)C4CCC3(C)C2)NC1. The molecule has 0 aromatic heterocycles. The highest BCUT2D eigenvalue weighted by molar-refractivity contribution is 5.25. The van der Waals surface area contributed by atoms with Gasteiger partial charge in [-0.1, -0.05) is 39.3 Å². The normalized spacial score (nSPS) is 53.6. The molecule has 228 valence electrons. The molecule has 2 heterocycles. The van der Waals surface area contributed by atoms with Crippen molar-refractivity contribution in [3.63, 3.8) is 0 Å². The zero-order valence-corrected chi connectivity index (χ0v) is 25.2. The Morgan fingerprint density at radius 1 is 1.05 bits per heavy atom. The number of hydrogen-bond acceptors (Lipinski definition) is 7. The molecule has 3 saturated carbocycles. The van der Waals surface area contributed by atoms with E-state index in [0.29, 0.717) is 11.5 Å². The van der Waals surface area contributed by atoms with Crippen molar-refractivity contribution < 1.29 is 29.9 Å². The number of piperidine rings is 1. The molecular formula is C33H55NO6. The molecule has 6 aliphatic rings. The lowest BCUT2D eigenvalue weighted by Gasteiger charge is -2.57. The van der Waals surface area contributed by atoms with Crippen molar-refractivity contribution in [1.29, 1.82) is 0 Å². The molecule has 15 unspecified atom stereocenters. The molecule has 0 radical (unpaired) electrons. The van der Waals surface area contributed by atoms with Gasteiger partial charge in [0.15, 0.2) is 6.29 Å². The average Bonchev–Trinajstić information content (AvgIpc) is 3.31. The van der Waals surface area contributed by atoms with Gasteiger partial charge in [0.1, 0.15) is 24.4 Å². The third-order valence-corrected chi connectivity index (χ3v) is 13.1. The Hall–Kier alpha value is -0.540. The summed E-state index contributed by atoms with van der Waals surface area (Å²) in [5, 5.41) is 44.3. The van der Waals surface area contributed by atoms with E-state index < -0.39 is 37.3 Å². The molecule has 0 aromatic rings. The lowest BCUT2D eigenvalue weighted by molar-refractivity contribution is -0.313. The van der Waals surface area contributed by atoms with Crippen LogP contribution in [0.3, 0.4) is 0 Å². The first kappa shape index (κ1) is 29.5.